The van der Waals surface area contributed by atoms with Gasteiger partial charge in [-0.05, 0) is 49.6 Å². The number of primary amides is 1. The van der Waals surface area contributed by atoms with Gasteiger partial charge in [-0.15, -0.1) is 0 Å². The van der Waals surface area contributed by atoms with Crippen molar-refractivity contribution in [3.8, 4) is 0 Å². The molecule has 0 radical (unpaired) electrons. The van der Waals surface area contributed by atoms with Gasteiger partial charge >= 0.3 is 6.03 Å². The summed E-state index contributed by atoms with van der Waals surface area (Å²) in [7, 11) is 0. The van der Waals surface area contributed by atoms with Gasteiger partial charge in [-0.25, -0.2) is 4.79 Å². The first-order valence-corrected chi connectivity index (χ1v) is 9.27. The summed E-state index contributed by atoms with van der Waals surface area (Å²) in [5, 5.41) is 5.82. The molecule has 0 aromatic heterocycles. The lowest BCUT2D eigenvalue weighted by Crippen LogP contribution is -2.39. The number of nitrogens with one attached hydrogen (secondary N) is 2. The van der Waals surface area contributed by atoms with Crippen LogP contribution >= 0.6 is 0 Å². The number of carbonyl (C=O) groups is 2. The van der Waals surface area contributed by atoms with Crippen LogP contribution in [0.4, 0.5) is 10.5 Å². The molecule has 27 heavy (non-hydrogen) atoms. The molecule has 1 heterocycles. The van der Waals surface area contributed by atoms with Crippen LogP contribution in [0.3, 0.4) is 0 Å². The second kappa shape index (κ2) is 8.68. The summed E-state index contributed by atoms with van der Waals surface area (Å²) in [5.74, 6) is -0.268. The molecular formula is C21H26N4O2. The summed E-state index contributed by atoms with van der Waals surface area (Å²) in [6.45, 7) is 3.45. The smallest absolute Gasteiger partial charge is 0.319 e. The molecule has 1 aliphatic heterocycles. The Morgan fingerprint density at radius 1 is 1.19 bits per heavy atom. The molecule has 3 amide bonds. The number of urea groups is 1. The van der Waals surface area contributed by atoms with Gasteiger partial charge in [0.1, 0.15) is 0 Å². The Balaban J connectivity index is 1.58. The SMILES string of the molecule is C[C@@H](NC(=O)Nc1cccc(CN2CCC[C@H]2C(N)=O)c1)c1ccccc1. The average molecular weight is 366 g/mol. The molecule has 6 heteroatoms. The molecule has 0 spiro atoms. The predicted molar refractivity (Wildman–Crippen MR) is 106 cm³/mol. The topological polar surface area (TPSA) is 87.5 Å². The van der Waals surface area contributed by atoms with Gasteiger partial charge in [0, 0.05) is 12.2 Å². The van der Waals surface area contributed by atoms with E-state index in [1.165, 1.54) is 0 Å². The minimum Gasteiger partial charge on any atom is -0.368 e. The van der Waals surface area contributed by atoms with Gasteiger partial charge in [-0.2, -0.15) is 0 Å². The van der Waals surface area contributed by atoms with Gasteiger partial charge in [0.15, 0.2) is 0 Å². The van der Waals surface area contributed by atoms with Gasteiger partial charge < -0.3 is 16.4 Å². The van der Waals surface area contributed by atoms with E-state index < -0.39 is 0 Å². The molecule has 0 bridgehead atoms. The van der Waals surface area contributed by atoms with Crippen LogP contribution in [0.2, 0.25) is 0 Å². The molecule has 1 saturated heterocycles. The monoisotopic (exact) mass is 366 g/mol. The molecule has 2 aromatic carbocycles. The maximum Gasteiger partial charge on any atom is 0.319 e. The number of rotatable bonds is 6. The van der Waals surface area contributed by atoms with Crippen molar-refractivity contribution >= 4 is 17.6 Å². The number of anilines is 1. The lowest BCUT2D eigenvalue weighted by molar-refractivity contribution is -0.122. The van der Waals surface area contributed by atoms with Gasteiger partial charge in [0.25, 0.3) is 0 Å². The van der Waals surface area contributed by atoms with Crippen LogP contribution in [0.25, 0.3) is 0 Å². The summed E-state index contributed by atoms with van der Waals surface area (Å²) in [5.41, 5.74) is 8.30. The molecule has 2 aromatic rings. The Hall–Kier alpha value is -2.86. The van der Waals surface area contributed by atoms with Crippen molar-refractivity contribution in [2.75, 3.05) is 11.9 Å². The summed E-state index contributed by atoms with van der Waals surface area (Å²) >= 11 is 0. The number of amides is 3. The minimum absolute atomic E-state index is 0.0877. The lowest BCUT2D eigenvalue weighted by Gasteiger charge is -2.22. The maximum atomic E-state index is 12.3. The van der Waals surface area contributed by atoms with Crippen molar-refractivity contribution in [2.45, 2.75) is 38.4 Å². The molecule has 0 aliphatic carbocycles. The normalized spacial score (nSPS) is 18.0. The lowest BCUT2D eigenvalue weighted by atomic mass is 10.1. The van der Waals surface area contributed by atoms with E-state index >= 15 is 0 Å². The fourth-order valence-electron chi connectivity index (χ4n) is 3.51. The van der Waals surface area contributed by atoms with Gasteiger partial charge in [0.05, 0.1) is 12.1 Å². The van der Waals surface area contributed by atoms with Crippen LogP contribution in [0.5, 0.6) is 0 Å². The van der Waals surface area contributed by atoms with Crippen molar-refractivity contribution in [3.05, 3.63) is 65.7 Å². The standard InChI is InChI=1S/C21H26N4O2/c1-15(17-8-3-2-4-9-17)23-21(27)24-18-10-5-7-16(13-18)14-25-12-6-11-19(25)20(22)26/h2-5,7-10,13,15,19H,6,11-12,14H2,1H3,(H2,22,26)(H2,23,24,27)/t15-,19+/m1/s1. The molecule has 0 unspecified atom stereocenters. The molecule has 2 atom stereocenters. The first-order valence-electron chi connectivity index (χ1n) is 9.27. The first-order chi connectivity index (χ1) is 13.0. The Morgan fingerprint density at radius 2 is 1.96 bits per heavy atom. The zero-order valence-corrected chi connectivity index (χ0v) is 15.5. The number of likely N-dealkylation sites (tertiary alicyclic amines) is 1. The summed E-state index contributed by atoms with van der Waals surface area (Å²) in [4.78, 5) is 25.9. The van der Waals surface area contributed by atoms with Crippen molar-refractivity contribution in [2.24, 2.45) is 5.73 Å². The van der Waals surface area contributed by atoms with Crippen LogP contribution in [0.1, 0.15) is 36.9 Å². The maximum absolute atomic E-state index is 12.3. The third-order valence-electron chi connectivity index (χ3n) is 4.91. The Bertz CT molecular complexity index is 794. The summed E-state index contributed by atoms with van der Waals surface area (Å²) in [6.07, 6.45) is 1.79. The third kappa shape index (κ3) is 5.08. The van der Waals surface area contributed by atoms with E-state index in [-0.39, 0.29) is 24.0 Å². The summed E-state index contributed by atoms with van der Waals surface area (Å²) < 4.78 is 0. The molecule has 1 aliphatic rings. The molecule has 0 saturated carbocycles. The molecular weight excluding hydrogens is 340 g/mol. The highest BCUT2D eigenvalue weighted by Gasteiger charge is 2.28. The highest BCUT2D eigenvalue weighted by atomic mass is 16.2. The van der Waals surface area contributed by atoms with Crippen LogP contribution in [-0.2, 0) is 11.3 Å². The van der Waals surface area contributed by atoms with E-state index in [4.69, 9.17) is 5.73 Å². The zero-order chi connectivity index (χ0) is 19.2. The fourth-order valence-corrected chi connectivity index (χ4v) is 3.51. The fraction of sp³-hybridized carbons (Fsp3) is 0.333. The minimum atomic E-state index is -0.268. The van der Waals surface area contributed by atoms with E-state index in [1.54, 1.807) is 0 Å². The van der Waals surface area contributed by atoms with E-state index in [1.807, 2.05) is 61.5 Å². The van der Waals surface area contributed by atoms with Crippen molar-refractivity contribution < 1.29 is 9.59 Å². The molecule has 142 valence electrons. The van der Waals surface area contributed by atoms with E-state index in [2.05, 4.69) is 15.5 Å². The van der Waals surface area contributed by atoms with Crippen molar-refractivity contribution in [3.63, 3.8) is 0 Å². The quantitative estimate of drug-likeness (QED) is 0.734. The number of benzene rings is 2. The zero-order valence-electron chi connectivity index (χ0n) is 15.5. The molecule has 1 fully saturated rings. The number of carbonyl (C=O) groups excluding carboxylic acids is 2. The Kier molecular flexibility index (Phi) is 6.08. The number of nitrogens with two attached hydrogens (primary N) is 1. The molecule has 3 rings (SSSR count). The summed E-state index contributed by atoms with van der Waals surface area (Å²) in [6, 6.07) is 17.0. The van der Waals surface area contributed by atoms with Crippen molar-refractivity contribution in [1.82, 2.24) is 10.2 Å². The van der Waals surface area contributed by atoms with E-state index in [0.29, 0.717) is 6.54 Å². The number of nitrogens with zero attached hydrogens (tertiary/aromatic N) is 1. The van der Waals surface area contributed by atoms with Gasteiger partial charge in [-0.3, -0.25) is 9.69 Å². The predicted octanol–water partition coefficient (Wildman–Crippen LogP) is 3.02. The van der Waals surface area contributed by atoms with E-state index in [0.717, 1.165) is 36.2 Å². The second-order valence-corrected chi connectivity index (χ2v) is 6.96. The molecule has 4 N–H and O–H groups in total. The van der Waals surface area contributed by atoms with Crippen LogP contribution in [-0.4, -0.2) is 29.4 Å². The first kappa shape index (κ1) is 18.9. The highest BCUT2D eigenvalue weighted by molar-refractivity contribution is 5.89. The van der Waals surface area contributed by atoms with Crippen LogP contribution in [0, 0.1) is 0 Å². The third-order valence-corrected chi connectivity index (χ3v) is 4.91. The Morgan fingerprint density at radius 3 is 2.70 bits per heavy atom. The second-order valence-electron chi connectivity index (χ2n) is 6.96. The van der Waals surface area contributed by atoms with E-state index in [9.17, 15) is 9.59 Å². The van der Waals surface area contributed by atoms with Gasteiger partial charge in [-0.1, -0.05) is 42.5 Å². The van der Waals surface area contributed by atoms with Crippen LogP contribution in [0.15, 0.2) is 54.6 Å². The van der Waals surface area contributed by atoms with Gasteiger partial charge in [0.2, 0.25) is 5.91 Å². The number of hydrogen-bond acceptors (Lipinski definition) is 3. The van der Waals surface area contributed by atoms with Crippen LogP contribution < -0.4 is 16.4 Å². The Labute approximate surface area is 159 Å². The molecule has 6 nitrogen and oxygen atoms in total. The van der Waals surface area contributed by atoms with Crippen molar-refractivity contribution in [1.29, 1.82) is 0 Å². The highest BCUT2D eigenvalue weighted by Crippen LogP contribution is 2.21. The average Bonchev–Trinajstić information content (AvgIpc) is 3.11. The largest absolute Gasteiger partial charge is 0.368 e. The number of hydrogen-bond donors (Lipinski definition) is 3.